The van der Waals surface area contributed by atoms with Crippen LogP contribution in [-0.4, -0.2) is 20.3 Å². The highest BCUT2D eigenvalue weighted by molar-refractivity contribution is 7.99. The van der Waals surface area contributed by atoms with Crippen LogP contribution in [0.3, 0.4) is 0 Å². The van der Waals surface area contributed by atoms with Gasteiger partial charge in [-0.15, -0.1) is 0 Å². The molecule has 15 heavy (non-hydrogen) atoms. The SMILES string of the molecule is CCC(C)SCc1nc(C)cc(CO)n1. The minimum absolute atomic E-state index is 0.00957. The summed E-state index contributed by atoms with van der Waals surface area (Å²) in [5.74, 6) is 1.65. The predicted octanol–water partition coefficient (Wildman–Crippen LogP) is 2.31. The van der Waals surface area contributed by atoms with Gasteiger partial charge in [0.05, 0.1) is 18.1 Å². The second kappa shape index (κ2) is 6.08. The lowest BCUT2D eigenvalue weighted by Gasteiger charge is -2.08. The molecule has 0 aliphatic carbocycles. The zero-order valence-corrected chi connectivity index (χ0v) is 10.3. The summed E-state index contributed by atoms with van der Waals surface area (Å²) in [6.07, 6.45) is 1.16. The Balaban J connectivity index is 2.64. The van der Waals surface area contributed by atoms with Gasteiger partial charge in [0.15, 0.2) is 0 Å². The standard InChI is InChI=1S/C11H18N2OS/c1-4-9(3)15-7-11-12-8(2)5-10(6-14)13-11/h5,9,14H,4,6-7H2,1-3H3. The van der Waals surface area contributed by atoms with Crippen molar-refractivity contribution in [1.82, 2.24) is 9.97 Å². The average Bonchev–Trinajstić information content (AvgIpc) is 2.25. The molecule has 0 amide bonds. The smallest absolute Gasteiger partial charge is 0.138 e. The number of thioether (sulfide) groups is 1. The van der Waals surface area contributed by atoms with Crippen molar-refractivity contribution >= 4 is 11.8 Å². The fraction of sp³-hybridized carbons (Fsp3) is 0.636. The molecule has 3 nitrogen and oxygen atoms in total. The molecule has 0 aliphatic heterocycles. The van der Waals surface area contributed by atoms with Crippen LogP contribution in [0.4, 0.5) is 0 Å². The van der Waals surface area contributed by atoms with Gasteiger partial charge in [0, 0.05) is 10.9 Å². The van der Waals surface area contributed by atoms with Crippen molar-refractivity contribution in [1.29, 1.82) is 0 Å². The molecular weight excluding hydrogens is 208 g/mol. The monoisotopic (exact) mass is 226 g/mol. The Morgan fingerprint density at radius 2 is 2.20 bits per heavy atom. The molecule has 0 saturated heterocycles. The second-order valence-corrected chi connectivity index (χ2v) is 5.03. The fourth-order valence-corrected chi connectivity index (χ4v) is 1.98. The van der Waals surface area contributed by atoms with E-state index >= 15 is 0 Å². The van der Waals surface area contributed by atoms with Gasteiger partial charge in [-0.3, -0.25) is 0 Å². The largest absolute Gasteiger partial charge is 0.390 e. The summed E-state index contributed by atoms with van der Waals surface area (Å²) >= 11 is 1.85. The highest BCUT2D eigenvalue weighted by Crippen LogP contribution is 2.18. The fourth-order valence-electron chi connectivity index (χ4n) is 1.18. The molecule has 0 saturated carbocycles. The Labute approximate surface area is 95.3 Å². The zero-order valence-electron chi connectivity index (χ0n) is 9.53. The third-order valence-corrected chi connectivity index (χ3v) is 3.51. The first kappa shape index (κ1) is 12.5. The minimum Gasteiger partial charge on any atom is -0.390 e. The Morgan fingerprint density at radius 1 is 1.47 bits per heavy atom. The van der Waals surface area contributed by atoms with E-state index in [0.29, 0.717) is 10.9 Å². The van der Waals surface area contributed by atoms with Crippen molar-refractivity contribution in [3.05, 3.63) is 23.3 Å². The van der Waals surface area contributed by atoms with Crippen molar-refractivity contribution in [3.8, 4) is 0 Å². The van der Waals surface area contributed by atoms with Gasteiger partial charge in [-0.25, -0.2) is 9.97 Å². The summed E-state index contributed by atoms with van der Waals surface area (Å²) in [4.78, 5) is 8.62. The van der Waals surface area contributed by atoms with E-state index in [1.54, 1.807) is 0 Å². The van der Waals surface area contributed by atoms with Crippen LogP contribution in [0, 0.1) is 6.92 Å². The second-order valence-electron chi connectivity index (χ2n) is 3.60. The number of aliphatic hydroxyl groups excluding tert-OH is 1. The third-order valence-electron chi connectivity index (χ3n) is 2.19. The molecule has 1 heterocycles. The average molecular weight is 226 g/mol. The lowest BCUT2D eigenvalue weighted by Crippen LogP contribution is -2.02. The lowest BCUT2D eigenvalue weighted by atomic mass is 10.3. The number of hydrogen-bond donors (Lipinski definition) is 1. The van der Waals surface area contributed by atoms with E-state index in [4.69, 9.17) is 5.11 Å². The van der Waals surface area contributed by atoms with Crippen molar-refractivity contribution in [2.45, 2.75) is 44.8 Å². The lowest BCUT2D eigenvalue weighted by molar-refractivity contribution is 0.276. The highest BCUT2D eigenvalue weighted by Gasteiger charge is 2.04. The first-order valence-electron chi connectivity index (χ1n) is 5.21. The number of aliphatic hydroxyl groups is 1. The number of nitrogens with zero attached hydrogens (tertiary/aromatic N) is 2. The summed E-state index contributed by atoms with van der Waals surface area (Å²) in [7, 11) is 0. The number of aryl methyl sites for hydroxylation is 1. The van der Waals surface area contributed by atoms with E-state index in [1.165, 1.54) is 0 Å². The number of rotatable bonds is 5. The first-order valence-corrected chi connectivity index (χ1v) is 6.26. The van der Waals surface area contributed by atoms with Gasteiger partial charge in [-0.05, 0) is 19.4 Å². The Hall–Kier alpha value is -0.610. The van der Waals surface area contributed by atoms with Gasteiger partial charge in [-0.1, -0.05) is 13.8 Å². The maximum absolute atomic E-state index is 9.01. The molecule has 1 rings (SSSR count). The molecular formula is C11H18N2OS. The molecule has 1 aromatic heterocycles. The molecule has 1 N–H and O–H groups in total. The van der Waals surface area contributed by atoms with Crippen LogP contribution in [0.15, 0.2) is 6.07 Å². The van der Waals surface area contributed by atoms with Crippen LogP contribution in [0.1, 0.15) is 37.5 Å². The van der Waals surface area contributed by atoms with Gasteiger partial charge >= 0.3 is 0 Å². The van der Waals surface area contributed by atoms with E-state index in [9.17, 15) is 0 Å². The Morgan fingerprint density at radius 3 is 2.80 bits per heavy atom. The van der Waals surface area contributed by atoms with Crippen LogP contribution in [0.5, 0.6) is 0 Å². The molecule has 0 fully saturated rings. The van der Waals surface area contributed by atoms with Gasteiger partial charge in [-0.2, -0.15) is 11.8 Å². The van der Waals surface area contributed by atoms with Crippen LogP contribution in [-0.2, 0) is 12.4 Å². The quantitative estimate of drug-likeness (QED) is 0.837. The first-order chi connectivity index (χ1) is 7.15. The molecule has 1 atom stereocenters. The summed E-state index contributed by atoms with van der Waals surface area (Å²) in [5.41, 5.74) is 1.64. The third kappa shape index (κ3) is 4.18. The van der Waals surface area contributed by atoms with Crippen molar-refractivity contribution in [2.24, 2.45) is 0 Å². The van der Waals surface area contributed by atoms with Crippen LogP contribution in [0.2, 0.25) is 0 Å². The van der Waals surface area contributed by atoms with Crippen LogP contribution < -0.4 is 0 Å². The highest BCUT2D eigenvalue weighted by atomic mass is 32.2. The normalized spacial score (nSPS) is 12.8. The van der Waals surface area contributed by atoms with E-state index in [2.05, 4.69) is 23.8 Å². The van der Waals surface area contributed by atoms with E-state index < -0.39 is 0 Å². The molecule has 0 spiro atoms. The number of hydrogen-bond acceptors (Lipinski definition) is 4. The van der Waals surface area contributed by atoms with Crippen molar-refractivity contribution in [3.63, 3.8) is 0 Å². The van der Waals surface area contributed by atoms with Crippen molar-refractivity contribution in [2.75, 3.05) is 0 Å². The zero-order chi connectivity index (χ0) is 11.3. The molecule has 0 aromatic carbocycles. The van der Waals surface area contributed by atoms with Gasteiger partial charge in [0.25, 0.3) is 0 Å². The topological polar surface area (TPSA) is 46.0 Å². The Bertz CT molecular complexity index is 317. The summed E-state index contributed by atoms with van der Waals surface area (Å²) in [6.45, 7) is 6.30. The predicted molar refractivity (Wildman–Crippen MR) is 63.7 cm³/mol. The van der Waals surface area contributed by atoms with Crippen LogP contribution >= 0.6 is 11.8 Å². The maximum Gasteiger partial charge on any atom is 0.138 e. The molecule has 0 aliphatic rings. The van der Waals surface area contributed by atoms with E-state index in [0.717, 1.165) is 23.7 Å². The Kier molecular flexibility index (Phi) is 5.05. The molecule has 84 valence electrons. The summed E-state index contributed by atoms with van der Waals surface area (Å²) in [5, 5.41) is 9.64. The van der Waals surface area contributed by atoms with E-state index in [-0.39, 0.29) is 6.61 Å². The molecule has 0 radical (unpaired) electrons. The molecule has 0 bridgehead atoms. The minimum atomic E-state index is -0.00957. The van der Waals surface area contributed by atoms with Gasteiger partial charge in [0.2, 0.25) is 0 Å². The van der Waals surface area contributed by atoms with E-state index in [1.807, 2.05) is 24.8 Å². The maximum atomic E-state index is 9.01. The van der Waals surface area contributed by atoms with Gasteiger partial charge in [0.1, 0.15) is 5.82 Å². The van der Waals surface area contributed by atoms with Crippen molar-refractivity contribution < 1.29 is 5.11 Å². The molecule has 1 unspecified atom stereocenters. The summed E-state index contributed by atoms with van der Waals surface area (Å²) < 4.78 is 0. The number of aromatic nitrogens is 2. The van der Waals surface area contributed by atoms with Crippen LogP contribution in [0.25, 0.3) is 0 Å². The summed E-state index contributed by atoms with van der Waals surface area (Å²) in [6, 6.07) is 1.82. The van der Waals surface area contributed by atoms with Gasteiger partial charge < -0.3 is 5.11 Å². The molecule has 1 aromatic rings. The molecule has 4 heteroatoms.